The van der Waals surface area contributed by atoms with Gasteiger partial charge in [0.25, 0.3) is 0 Å². The van der Waals surface area contributed by atoms with Crippen molar-refractivity contribution in [2.45, 2.75) is 0 Å². The van der Waals surface area contributed by atoms with Gasteiger partial charge in [0.1, 0.15) is 11.9 Å². The first-order chi connectivity index (χ1) is 10.8. The van der Waals surface area contributed by atoms with Crippen molar-refractivity contribution in [2.75, 3.05) is 0 Å². The maximum absolute atomic E-state index is 11.3. The zero-order valence-electron chi connectivity index (χ0n) is 11.5. The molecule has 2 heterocycles. The van der Waals surface area contributed by atoms with Crippen molar-refractivity contribution in [3.8, 4) is 5.69 Å². The summed E-state index contributed by atoms with van der Waals surface area (Å²) in [7, 11) is 0. The number of rotatable bonds is 2. The predicted octanol–water partition coefficient (Wildman–Crippen LogP) is 4.09. The van der Waals surface area contributed by atoms with E-state index in [0.29, 0.717) is 5.69 Å². The van der Waals surface area contributed by atoms with Crippen LogP contribution in [0, 0.1) is 10.1 Å². The van der Waals surface area contributed by atoms with Gasteiger partial charge in [-0.15, -0.1) is 0 Å². The van der Waals surface area contributed by atoms with Crippen molar-refractivity contribution < 1.29 is 4.92 Å². The van der Waals surface area contributed by atoms with Gasteiger partial charge in [-0.2, -0.15) is 0 Å². The molecule has 0 saturated heterocycles. The molecule has 4 aromatic rings. The topological polar surface area (TPSA) is 61.0 Å². The fourth-order valence-electron chi connectivity index (χ4n) is 2.89. The Balaban J connectivity index is 2.21. The number of pyridine rings is 1. The molecule has 0 radical (unpaired) electrons. The van der Waals surface area contributed by atoms with Gasteiger partial charge in [-0.3, -0.25) is 15.1 Å². The van der Waals surface area contributed by atoms with Gasteiger partial charge in [0.05, 0.1) is 16.0 Å². The van der Waals surface area contributed by atoms with Crippen LogP contribution in [-0.4, -0.2) is 14.5 Å². The van der Waals surface area contributed by atoms with Crippen LogP contribution in [0.2, 0.25) is 0 Å². The Hall–Kier alpha value is -3.21. The van der Waals surface area contributed by atoms with Crippen molar-refractivity contribution in [1.29, 1.82) is 0 Å². The molecule has 0 amide bonds. The molecule has 0 aliphatic rings. The molecule has 0 saturated carbocycles. The molecule has 0 aliphatic heterocycles. The van der Waals surface area contributed by atoms with E-state index in [2.05, 4.69) is 4.98 Å². The number of nitro groups is 1. The second-order valence-electron chi connectivity index (χ2n) is 4.99. The van der Waals surface area contributed by atoms with Crippen molar-refractivity contribution in [1.82, 2.24) is 9.55 Å². The lowest BCUT2D eigenvalue weighted by molar-refractivity contribution is -0.384. The second-order valence-corrected chi connectivity index (χ2v) is 4.99. The number of hydrogen-bond donors (Lipinski definition) is 0. The van der Waals surface area contributed by atoms with Crippen LogP contribution in [0.15, 0.2) is 67.0 Å². The molecule has 0 bridgehead atoms. The minimum Gasteiger partial charge on any atom is -0.303 e. The van der Waals surface area contributed by atoms with E-state index < -0.39 is 4.92 Å². The number of fused-ring (bicyclic) bond motifs is 3. The van der Waals surface area contributed by atoms with E-state index >= 15 is 0 Å². The van der Waals surface area contributed by atoms with E-state index in [1.165, 1.54) is 6.20 Å². The molecule has 22 heavy (non-hydrogen) atoms. The van der Waals surface area contributed by atoms with Gasteiger partial charge in [-0.05, 0) is 18.2 Å². The highest BCUT2D eigenvalue weighted by Crippen LogP contribution is 2.34. The van der Waals surface area contributed by atoms with Crippen LogP contribution >= 0.6 is 0 Å². The molecule has 4 rings (SSSR count). The molecular weight excluding hydrogens is 278 g/mol. The fraction of sp³-hybridized carbons (Fsp3) is 0. The Labute approximate surface area is 125 Å². The standard InChI is InChI=1S/C17H11N3O2/c21-20(22)17-11-18-10-9-16(17)19-14-7-3-1-5-12(14)13-6-2-4-8-15(13)19/h1-11H. The molecule has 2 aromatic heterocycles. The molecule has 0 spiro atoms. The summed E-state index contributed by atoms with van der Waals surface area (Å²) < 4.78 is 1.92. The average Bonchev–Trinajstić information content (AvgIpc) is 2.89. The minimum absolute atomic E-state index is 0.00555. The molecule has 0 atom stereocenters. The lowest BCUT2D eigenvalue weighted by Crippen LogP contribution is -2.00. The Morgan fingerprint density at radius 2 is 1.50 bits per heavy atom. The number of hydrogen-bond acceptors (Lipinski definition) is 3. The van der Waals surface area contributed by atoms with E-state index in [-0.39, 0.29) is 5.69 Å². The second kappa shape index (κ2) is 4.66. The summed E-state index contributed by atoms with van der Waals surface area (Å²) in [6.07, 6.45) is 2.87. The Kier molecular flexibility index (Phi) is 2.66. The van der Waals surface area contributed by atoms with Crippen LogP contribution in [-0.2, 0) is 0 Å². The molecule has 0 unspecified atom stereocenters. The third-order valence-electron chi connectivity index (χ3n) is 3.80. The van der Waals surface area contributed by atoms with Crippen molar-refractivity contribution in [3.63, 3.8) is 0 Å². The third-order valence-corrected chi connectivity index (χ3v) is 3.80. The smallest absolute Gasteiger partial charge is 0.303 e. The van der Waals surface area contributed by atoms with Gasteiger partial charge in [0.2, 0.25) is 0 Å². The van der Waals surface area contributed by atoms with Crippen LogP contribution < -0.4 is 0 Å². The molecule has 5 heteroatoms. The Morgan fingerprint density at radius 3 is 2.09 bits per heavy atom. The molecular formula is C17H11N3O2. The van der Waals surface area contributed by atoms with E-state index in [1.807, 2.05) is 53.1 Å². The SMILES string of the molecule is O=[N+]([O-])c1cnccc1-n1c2ccccc2c2ccccc21. The van der Waals surface area contributed by atoms with Crippen LogP contribution in [0.3, 0.4) is 0 Å². The zero-order valence-corrected chi connectivity index (χ0v) is 11.5. The quantitative estimate of drug-likeness (QED) is 0.412. The predicted molar refractivity (Wildman–Crippen MR) is 85.2 cm³/mol. The van der Waals surface area contributed by atoms with Crippen LogP contribution in [0.5, 0.6) is 0 Å². The van der Waals surface area contributed by atoms with Crippen molar-refractivity contribution in [3.05, 3.63) is 77.1 Å². The van der Waals surface area contributed by atoms with Crippen molar-refractivity contribution in [2.24, 2.45) is 0 Å². The normalized spacial score (nSPS) is 11.1. The molecule has 0 fully saturated rings. The van der Waals surface area contributed by atoms with Gasteiger partial charge in [-0.1, -0.05) is 36.4 Å². The fourth-order valence-corrected chi connectivity index (χ4v) is 2.89. The van der Waals surface area contributed by atoms with Gasteiger partial charge in [0, 0.05) is 17.0 Å². The highest BCUT2D eigenvalue weighted by atomic mass is 16.6. The lowest BCUT2D eigenvalue weighted by atomic mass is 10.2. The van der Waals surface area contributed by atoms with E-state index in [0.717, 1.165) is 21.8 Å². The summed E-state index contributed by atoms with van der Waals surface area (Å²) in [5.41, 5.74) is 2.41. The monoisotopic (exact) mass is 289 g/mol. The van der Waals surface area contributed by atoms with Gasteiger partial charge < -0.3 is 4.57 Å². The van der Waals surface area contributed by atoms with Crippen LogP contribution in [0.4, 0.5) is 5.69 Å². The number of aromatic nitrogens is 2. The lowest BCUT2D eigenvalue weighted by Gasteiger charge is -2.07. The molecule has 2 aromatic carbocycles. The number of benzene rings is 2. The Morgan fingerprint density at radius 1 is 0.909 bits per heavy atom. The molecule has 5 nitrogen and oxygen atoms in total. The summed E-state index contributed by atoms with van der Waals surface area (Å²) >= 11 is 0. The largest absolute Gasteiger partial charge is 0.311 e. The maximum Gasteiger partial charge on any atom is 0.311 e. The summed E-state index contributed by atoms with van der Waals surface area (Å²) in [5, 5.41) is 13.5. The summed E-state index contributed by atoms with van der Waals surface area (Å²) in [6.45, 7) is 0. The van der Waals surface area contributed by atoms with Crippen LogP contribution in [0.25, 0.3) is 27.5 Å². The molecule has 106 valence electrons. The van der Waals surface area contributed by atoms with E-state index in [9.17, 15) is 10.1 Å². The first kappa shape index (κ1) is 12.5. The number of nitrogens with zero attached hydrogens (tertiary/aromatic N) is 3. The maximum atomic E-state index is 11.3. The third kappa shape index (κ3) is 1.69. The summed E-state index contributed by atoms with van der Waals surface area (Å²) in [6, 6.07) is 17.5. The first-order valence-corrected chi connectivity index (χ1v) is 6.84. The minimum atomic E-state index is -0.397. The highest BCUT2D eigenvalue weighted by molar-refractivity contribution is 6.09. The van der Waals surface area contributed by atoms with Gasteiger partial charge in [0.15, 0.2) is 0 Å². The van der Waals surface area contributed by atoms with Gasteiger partial charge in [-0.25, -0.2) is 0 Å². The molecule has 0 N–H and O–H groups in total. The van der Waals surface area contributed by atoms with Gasteiger partial charge >= 0.3 is 5.69 Å². The first-order valence-electron chi connectivity index (χ1n) is 6.84. The molecule has 0 aliphatic carbocycles. The summed E-state index contributed by atoms with van der Waals surface area (Å²) in [4.78, 5) is 14.8. The van der Waals surface area contributed by atoms with E-state index in [1.54, 1.807) is 12.3 Å². The Bertz CT molecular complexity index is 967. The van der Waals surface area contributed by atoms with E-state index in [4.69, 9.17) is 0 Å². The highest BCUT2D eigenvalue weighted by Gasteiger charge is 2.19. The number of para-hydroxylation sites is 2. The zero-order chi connectivity index (χ0) is 15.1. The van der Waals surface area contributed by atoms with Crippen LogP contribution in [0.1, 0.15) is 0 Å². The summed E-state index contributed by atoms with van der Waals surface area (Å²) in [5.74, 6) is 0. The van der Waals surface area contributed by atoms with Crippen molar-refractivity contribution >= 4 is 27.5 Å². The average molecular weight is 289 g/mol.